The highest BCUT2D eigenvalue weighted by atomic mass is 19.1. The van der Waals surface area contributed by atoms with Gasteiger partial charge in [0, 0.05) is 43.1 Å². The maximum atomic E-state index is 14.2. The van der Waals surface area contributed by atoms with E-state index in [0.29, 0.717) is 30.6 Å². The zero-order valence-electron chi connectivity index (χ0n) is 16.8. The first-order valence-electron chi connectivity index (χ1n) is 9.80. The van der Waals surface area contributed by atoms with Crippen LogP contribution < -0.4 is 0 Å². The topological polar surface area (TPSA) is 8.17 Å². The van der Waals surface area contributed by atoms with Crippen LogP contribution in [0.25, 0.3) is 0 Å². The predicted molar refractivity (Wildman–Crippen MR) is 110 cm³/mol. The van der Waals surface area contributed by atoms with Crippen LogP contribution in [0, 0.1) is 17.6 Å². The molecular formula is C24H28F2N2. The summed E-state index contributed by atoms with van der Waals surface area (Å²) in [7, 11) is 0. The minimum Gasteiger partial charge on any atom is -0.346 e. The van der Waals surface area contributed by atoms with E-state index in [-0.39, 0.29) is 11.6 Å². The van der Waals surface area contributed by atoms with Gasteiger partial charge in [-0.2, -0.15) is 0 Å². The van der Waals surface area contributed by atoms with Crippen LogP contribution in [0.15, 0.2) is 66.9 Å². The first-order chi connectivity index (χ1) is 13.4. The molecule has 0 fully saturated rings. The lowest BCUT2D eigenvalue weighted by molar-refractivity contribution is 0.146. The molecule has 0 aliphatic carbocycles. The highest BCUT2D eigenvalue weighted by Crippen LogP contribution is 2.20. The van der Waals surface area contributed by atoms with Crippen molar-refractivity contribution in [1.29, 1.82) is 0 Å². The molecule has 0 N–H and O–H groups in total. The van der Waals surface area contributed by atoms with Crippen LogP contribution >= 0.6 is 0 Å². The number of nitrogens with zero attached hydrogens (tertiary/aromatic N) is 2. The molecule has 148 valence electrons. The summed E-state index contributed by atoms with van der Waals surface area (Å²) < 4.78 is 29.6. The van der Waals surface area contributed by atoms with Crippen molar-refractivity contribution in [3.8, 4) is 0 Å². The molecule has 0 bridgehead atoms. The van der Waals surface area contributed by atoms with Gasteiger partial charge in [-0.05, 0) is 48.7 Å². The smallest absolute Gasteiger partial charge is 0.127 e. The standard InChI is InChI=1S/C24H28F2N2/c1-18(2)19(3)28(16-21-7-4-5-9-24(21)26)17-23-8-6-14-27(23)15-20-10-12-22(25)13-11-20/h4-14,18-19H,15-17H2,1-3H3/t19-/m1/s1. The first kappa shape index (κ1) is 20.3. The third-order valence-corrected chi connectivity index (χ3v) is 5.43. The number of halogens is 2. The number of aromatic nitrogens is 1. The second kappa shape index (κ2) is 9.16. The van der Waals surface area contributed by atoms with Crippen molar-refractivity contribution in [2.75, 3.05) is 0 Å². The molecule has 3 rings (SSSR count). The van der Waals surface area contributed by atoms with E-state index >= 15 is 0 Å². The molecule has 0 aliphatic rings. The Balaban J connectivity index is 1.80. The van der Waals surface area contributed by atoms with Crippen LogP contribution in [0.3, 0.4) is 0 Å². The number of hydrogen-bond donors (Lipinski definition) is 0. The molecule has 3 aromatic rings. The second-order valence-corrected chi connectivity index (χ2v) is 7.73. The summed E-state index contributed by atoms with van der Waals surface area (Å²) in [6.45, 7) is 8.55. The van der Waals surface area contributed by atoms with Crippen molar-refractivity contribution in [3.05, 3.63) is 95.3 Å². The van der Waals surface area contributed by atoms with Gasteiger partial charge in [-0.15, -0.1) is 0 Å². The zero-order chi connectivity index (χ0) is 20.1. The summed E-state index contributed by atoms with van der Waals surface area (Å²) >= 11 is 0. The fourth-order valence-electron chi connectivity index (χ4n) is 3.35. The quantitative estimate of drug-likeness (QED) is 0.474. The molecule has 0 saturated heterocycles. The highest BCUT2D eigenvalue weighted by molar-refractivity contribution is 5.20. The normalized spacial score (nSPS) is 12.7. The first-order valence-corrected chi connectivity index (χ1v) is 9.80. The van der Waals surface area contributed by atoms with Crippen molar-refractivity contribution in [1.82, 2.24) is 9.47 Å². The van der Waals surface area contributed by atoms with Crippen molar-refractivity contribution < 1.29 is 8.78 Å². The molecule has 0 saturated carbocycles. The minimum absolute atomic E-state index is 0.162. The Labute approximate surface area is 166 Å². The van der Waals surface area contributed by atoms with E-state index in [1.54, 1.807) is 6.07 Å². The van der Waals surface area contributed by atoms with Crippen molar-refractivity contribution in [2.45, 2.75) is 46.4 Å². The van der Waals surface area contributed by atoms with E-state index < -0.39 is 0 Å². The summed E-state index contributed by atoms with van der Waals surface area (Å²) in [5.41, 5.74) is 2.93. The molecule has 0 spiro atoms. The molecule has 1 heterocycles. The summed E-state index contributed by atoms with van der Waals surface area (Å²) in [4.78, 5) is 2.32. The molecule has 0 amide bonds. The van der Waals surface area contributed by atoms with E-state index in [0.717, 1.165) is 17.8 Å². The van der Waals surface area contributed by atoms with E-state index in [2.05, 4.69) is 36.3 Å². The summed E-state index contributed by atoms with van der Waals surface area (Å²) in [6.07, 6.45) is 2.04. The Morgan fingerprint density at radius 2 is 1.57 bits per heavy atom. The fraction of sp³-hybridized carbons (Fsp3) is 0.333. The monoisotopic (exact) mass is 382 g/mol. The Morgan fingerprint density at radius 3 is 2.25 bits per heavy atom. The van der Waals surface area contributed by atoms with Gasteiger partial charge < -0.3 is 4.57 Å². The summed E-state index contributed by atoms with van der Waals surface area (Å²) in [6, 6.07) is 18.0. The van der Waals surface area contributed by atoms with Crippen LogP contribution in [0.1, 0.15) is 37.6 Å². The average molecular weight is 382 g/mol. The summed E-state index contributed by atoms with van der Waals surface area (Å²) in [5, 5.41) is 0. The third-order valence-electron chi connectivity index (χ3n) is 5.43. The lowest BCUT2D eigenvalue weighted by Gasteiger charge is -2.32. The molecular weight excluding hydrogens is 354 g/mol. The second-order valence-electron chi connectivity index (χ2n) is 7.73. The van der Waals surface area contributed by atoms with E-state index in [1.807, 2.05) is 36.5 Å². The molecule has 1 aromatic heterocycles. The molecule has 0 aliphatic heterocycles. The Bertz CT molecular complexity index is 884. The van der Waals surface area contributed by atoms with Crippen LogP contribution in [0.4, 0.5) is 8.78 Å². The molecule has 0 radical (unpaired) electrons. The Hall–Kier alpha value is -2.46. The molecule has 4 heteroatoms. The van der Waals surface area contributed by atoms with Gasteiger partial charge in [-0.25, -0.2) is 8.78 Å². The van der Waals surface area contributed by atoms with Gasteiger partial charge in [-0.1, -0.05) is 44.2 Å². The molecule has 28 heavy (non-hydrogen) atoms. The van der Waals surface area contributed by atoms with Crippen molar-refractivity contribution in [2.24, 2.45) is 5.92 Å². The van der Waals surface area contributed by atoms with Crippen molar-refractivity contribution >= 4 is 0 Å². The molecule has 1 atom stereocenters. The van der Waals surface area contributed by atoms with Crippen molar-refractivity contribution in [3.63, 3.8) is 0 Å². The molecule has 2 nitrogen and oxygen atoms in total. The largest absolute Gasteiger partial charge is 0.346 e. The van der Waals surface area contributed by atoms with Crippen LogP contribution in [0.2, 0.25) is 0 Å². The molecule has 2 aromatic carbocycles. The third kappa shape index (κ3) is 5.08. The SMILES string of the molecule is CC(C)[C@@H](C)N(Cc1ccccc1F)Cc1cccn1Cc1ccc(F)cc1. The summed E-state index contributed by atoms with van der Waals surface area (Å²) in [5.74, 6) is 0.0655. The van der Waals surface area contributed by atoms with Gasteiger partial charge >= 0.3 is 0 Å². The van der Waals surface area contributed by atoms with Gasteiger partial charge in [0.15, 0.2) is 0 Å². The van der Waals surface area contributed by atoms with Gasteiger partial charge in [0.25, 0.3) is 0 Å². The predicted octanol–water partition coefficient (Wildman–Crippen LogP) is 5.86. The minimum atomic E-state index is -0.224. The number of benzene rings is 2. The number of rotatable bonds is 8. The van der Waals surface area contributed by atoms with E-state index in [9.17, 15) is 8.78 Å². The Kier molecular flexibility index (Phi) is 6.63. The van der Waals surface area contributed by atoms with E-state index in [4.69, 9.17) is 0 Å². The maximum Gasteiger partial charge on any atom is 0.127 e. The molecule has 0 unspecified atom stereocenters. The Morgan fingerprint density at radius 1 is 0.857 bits per heavy atom. The van der Waals surface area contributed by atoms with Gasteiger partial charge in [0.2, 0.25) is 0 Å². The van der Waals surface area contributed by atoms with Gasteiger partial charge in [0.1, 0.15) is 11.6 Å². The number of hydrogen-bond acceptors (Lipinski definition) is 1. The van der Waals surface area contributed by atoms with E-state index in [1.165, 1.54) is 18.2 Å². The lowest BCUT2D eigenvalue weighted by atomic mass is 10.0. The fourth-order valence-corrected chi connectivity index (χ4v) is 3.35. The van der Waals surface area contributed by atoms with Gasteiger partial charge in [-0.3, -0.25) is 4.90 Å². The maximum absolute atomic E-state index is 14.2. The van der Waals surface area contributed by atoms with Crippen LogP contribution in [-0.4, -0.2) is 15.5 Å². The average Bonchev–Trinajstić information content (AvgIpc) is 3.10. The van der Waals surface area contributed by atoms with Crippen LogP contribution in [0.5, 0.6) is 0 Å². The zero-order valence-corrected chi connectivity index (χ0v) is 16.8. The van der Waals surface area contributed by atoms with Gasteiger partial charge in [0.05, 0.1) is 0 Å². The highest BCUT2D eigenvalue weighted by Gasteiger charge is 2.20. The van der Waals surface area contributed by atoms with Crippen LogP contribution in [-0.2, 0) is 19.6 Å². The lowest BCUT2D eigenvalue weighted by Crippen LogP contribution is -2.36.